The first kappa shape index (κ1) is 50.6. The number of hydrogen-bond donors (Lipinski definition) is 2. The highest BCUT2D eigenvalue weighted by Crippen LogP contribution is 2.37. The minimum Gasteiger partial charge on any atom is -0.494 e. The number of unbranched alkanes of at least 4 members (excludes halogenated alkanes) is 2. The molecule has 0 unspecified atom stereocenters. The second-order valence-electron chi connectivity index (χ2n) is 18.3. The summed E-state index contributed by atoms with van der Waals surface area (Å²) in [7, 11) is 0. The second-order valence-corrected chi connectivity index (χ2v) is 19.5. The van der Waals surface area contributed by atoms with E-state index < -0.39 is 34.8 Å². The Morgan fingerprint density at radius 1 is 0.970 bits per heavy atom. The van der Waals surface area contributed by atoms with E-state index in [1.807, 2.05) is 81.7 Å². The number of hydrogen-bond acceptors (Lipinski definition) is 11. The van der Waals surface area contributed by atoms with Gasteiger partial charge in [-0.1, -0.05) is 45.0 Å². The van der Waals surface area contributed by atoms with Crippen molar-refractivity contribution in [3.05, 3.63) is 94.9 Å². The highest BCUT2D eigenvalue weighted by molar-refractivity contribution is 7.81. The highest BCUT2D eigenvalue weighted by atomic mass is 32.1. The smallest absolute Gasteiger partial charge is 0.259 e. The van der Waals surface area contributed by atoms with Crippen molar-refractivity contribution in [2.45, 2.75) is 104 Å². The van der Waals surface area contributed by atoms with Gasteiger partial charge in [0, 0.05) is 38.6 Å². The Morgan fingerprint density at radius 2 is 1.66 bits per heavy atom. The van der Waals surface area contributed by atoms with Crippen LogP contribution in [0, 0.1) is 29.5 Å². The standard InChI is InChI=1S/C50H60FN7O7S2/c1-33-43(67-32-54-33)35-15-13-34(14-16-35)30-53-45(60)41-12-10-23-56(41)46(61)44(49(2,3)4)55-42(59)31-64-26-11-25-63-24-8-7-9-27-65-39-21-19-37(20-22-39)58-48(66)57(47(62)50(58,5)6)38-18-17-36(29-52)40(51)28-38/h13-22,28,32,41,44H,7-12,23-27,30-31H2,1-6H3,(H,53,60)(H,55,59)/t41-,44+/m0/s1. The molecule has 0 radical (unpaired) electrons. The van der Waals surface area contributed by atoms with Gasteiger partial charge in [0.25, 0.3) is 5.91 Å². The number of likely N-dealkylation sites (tertiary alicyclic amines) is 1. The summed E-state index contributed by atoms with van der Waals surface area (Å²) in [4.78, 5) is 63.8. The highest BCUT2D eigenvalue weighted by Gasteiger charge is 2.50. The molecule has 2 fully saturated rings. The molecule has 2 aliphatic heterocycles. The Balaban J connectivity index is 0.831. The zero-order valence-electron chi connectivity index (χ0n) is 39.1. The maximum absolute atomic E-state index is 14.4. The van der Waals surface area contributed by atoms with Crippen LogP contribution < -0.4 is 25.2 Å². The van der Waals surface area contributed by atoms with E-state index in [0.29, 0.717) is 70.2 Å². The molecule has 2 atom stereocenters. The van der Waals surface area contributed by atoms with Crippen LogP contribution in [0.2, 0.25) is 0 Å². The van der Waals surface area contributed by atoms with Gasteiger partial charge in [0.1, 0.15) is 41.9 Å². The van der Waals surface area contributed by atoms with Crippen molar-refractivity contribution in [3.63, 3.8) is 0 Å². The van der Waals surface area contributed by atoms with Crippen LogP contribution in [0.4, 0.5) is 15.8 Å². The monoisotopic (exact) mass is 953 g/mol. The van der Waals surface area contributed by atoms with Crippen molar-refractivity contribution >= 4 is 63.7 Å². The summed E-state index contributed by atoms with van der Waals surface area (Å²) in [6, 6.07) is 19.6. The number of ether oxygens (including phenoxy) is 3. The number of aryl methyl sites for hydroxylation is 1. The number of rotatable bonds is 21. The molecule has 1 aromatic heterocycles. The van der Waals surface area contributed by atoms with Crippen LogP contribution >= 0.6 is 23.6 Å². The van der Waals surface area contributed by atoms with E-state index in [-0.39, 0.29) is 40.7 Å². The van der Waals surface area contributed by atoms with Crippen LogP contribution in [0.15, 0.2) is 72.2 Å². The number of nitrogens with one attached hydrogen (secondary N) is 2. The molecule has 67 heavy (non-hydrogen) atoms. The average Bonchev–Trinajstić information content (AvgIpc) is 4.01. The first-order valence-corrected chi connectivity index (χ1v) is 23.9. The predicted molar refractivity (Wildman–Crippen MR) is 260 cm³/mol. The number of benzene rings is 3. The molecule has 17 heteroatoms. The van der Waals surface area contributed by atoms with Crippen molar-refractivity contribution in [2.75, 3.05) is 49.4 Å². The van der Waals surface area contributed by atoms with E-state index in [1.54, 1.807) is 41.1 Å². The maximum Gasteiger partial charge on any atom is 0.259 e. The third-order valence-electron chi connectivity index (χ3n) is 11.8. The molecular formula is C50H60FN7O7S2. The second kappa shape index (κ2) is 22.8. The number of aromatic nitrogens is 1. The Labute approximate surface area is 401 Å². The molecule has 4 aromatic rings. The third-order valence-corrected chi connectivity index (χ3v) is 13.1. The predicted octanol–water partition coefficient (Wildman–Crippen LogP) is 7.86. The quantitative estimate of drug-likeness (QED) is 0.0617. The fraction of sp³-hybridized carbons (Fsp3) is 0.460. The topological polar surface area (TPSA) is 166 Å². The van der Waals surface area contributed by atoms with Gasteiger partial charge in [-0.3, -0.25) is 24.1 Å². The van der Waals surface area contributed by atoms with Crippen molar-refractivity contribution in [1.29, 1.82) is 5.26 Å². The molecule has 356 valence electrons. The lowest BCUT2D eigenvalue weighted by atomic mass is 9.85. The summed E-state index contributed by atoms with van der Waals surface area (Å²) in [6.07, 6.45) is 4.44. The molecule has 2 saturated heterocycles. The van der Waals surface area contributed by atoms with Gasteiger partial charge in [0.2, 0.25) is 17.7 Å². The number of nitrogens with zero attached hydrogens (tertiary/aromatic N) is 5. The van der Waals surface area contributed by atoms with Crippen molar-refractivity contribution in [2.24, 2.45) is 5.41 Å². The van der Waals surface area contributed by atoms with Crippen molar-refractivity contribution < 1.29 is 37.8 Å². The molecule has 2 aliphatic rings. The molecule has 3 heterocycles. The lowest BCUT2D eigenvalue weighted by Gasteiger charge is -2.35. The van der Waals surface area contributed by atoms with Crippen LogP contribution in [0.25, 0.3) is 10.4 Å². The molecule has 4 amide bonds. The van der Waals surface area contributed by atoms with Crippen molar-refractivity contribution in [1.82, 2.24) is 20.5 Å². The van der Waals surface area contributed by atoms with Crippen LogP contribution in [0.5, 0.6) is 5.75 Å². The van der Waals surface area contributed by atoms with E-state index in [2.05, 4.69) is 15.6 Å². The molecule has 0 bridgehead atoms. The fourth-order valence-electron chi connectivity index (χ4n) is 8.06. The first-order valence-electron chi connectivity index (χ1n) is 22.6. The number of anilines is 2. The van der Waals surface area contributed by atoms with Crippen LogP contribution in [0.3, 0.4) is 0 Å². The minimum atomic E-state index is -1.03. The number of carbonyl (C=O) groups is 4. The number of amides is 4. The summed E-state index contributed by atoms with van der Waals surface area (Å²) < 4.78 is 31.7. The summed E-state index contributed by atoms with van der Waals surface area (Å²) in [6.45, 7) is 13.6. The SMILES string of the molecule is Cc1ncsc1-c1ccc(CNC(=O)[C@@H]2CCCN2C(=O)[C@@H](NC(=O)COCCCOCCCCCOc2ccc(N3C(=S)N(c4ccc(C#N)c(F)c4)C(=O)C3(C)C)cc2)C(C)(C)C)cc1. The lowest BCUT2D eigenvalue weighted by molar-refractivity contribution is -0.144. The van der Waals surface area contributed by atoms with Gasteiger partial charge in [-0.05, 0) is 131 Å². The molecule has 3 aromatic carbocycles. The van der Waals surface area contributed by atoms with E-state index in [9.17, 15) is 23.6 Å². The van der Waals surface area contributed by atoms with Gasteiger partial charge in [-0.2, -0.15) is 5.26 Å². The van der Waals surface area contributed by atoms with Gasteiger partial charge < -0.3 is 34.6 Å². The van der Waals surface area contributed by atoms with Gasteiger partial charge in [-0.15, -0.1) is 11.3 Å². The van der Waals surface area contributed by atoms with Gasteiger partial charge in [0.15, 0.2) is 5.11 Å². The largest absolute Gasteiger partial charge is 0.494 e. The maximum atomic E-state index is 14.4. The minimum absolute atomic E-state index is 0.113. The molecule has 0 spiro atoms. The number of thiazole rings is 1. The molecule has 0 aliphatic carbocycles. The van der Waals surface area contributed by atoms with Crippen LogP contribution in [0.1, 0.15) is 90.0 Å². The first-order chi connectivity index (χ1) is 32.0. The lowest BCUT2D eigenvalue weighted by Crippen LogP contribution is -2.58. The Kier molecular flexibility index (Phi) is 17.2. The Bertz CT molecular complexity index is 2430. The van der Waals surface area contributed by atoms with E-state index in [0.717, 1.165) is 47.0 Å². The summed E-state index contributed by atoms with van der Waals surface area (Å²) in [5.41, 5.74) is 4.04. The molecular weight excluding hydrogens is 894 g/mol. The Morgan fingerprint density at radius 3 is 2.33 bits per heavy atom. The van der Waals surface area contributed by atoms with E-state index >= 15 is 0 Å². The van der Waals surface area contributed by atoms with Crippen molar-refractivity contribution in [3.8, 4) is 22.3 Å². The zero-order chi connectivity index (χ0) is 48.3. The summed E-state index contributed by atoms with van der Waals surface area (Å²) in [5.74, 6) is -1.24. The number of thiocarbonyl (C=S) groups is 1. The summed E-state index contributed by atoms with van der Waals surface area (Å²) >= 11 is 7.28. The third kappa shape index (κ3) is 12.6. The van der Waals surface area contributed by atoms with E-state index in [4.69, 9.17) is 31.7 Å². The van der Waals surface area contributed by atoms with Gasteiger partial charge in [-0.25, -0.2) is 9.37 Å². The average molecular weight is 954 g/mol. The normalized spacial score (nSPS) is 16.3. The van der Waals surface area contributed by atoms with E-state index in [1.165, 1.54) is 17.0 Å². The zero-order valence-corrected chi connectivity index (χ0v) is 40.7. The number of halogens is 1. The molecule has 0 saturated carbocycles. The fourth-order valence-corrected chi connectivity index (χ4v) is 9.40. The Hall–Kier alpha value is -5.80. The van der Waals surface area contributed by atoms with Gasteiger partial charge in [0.05, 0.1) is 33.9 Å². The number of carbonyl (C=O) groups excluding carboxylic acids is 4. The molecule has 6 rings (SSSR count). The van der Waals surface area contributed by atoms with Crippen LogP contribution in [-0.2, 0) is 35.2 Å². The van der Waals surface area contributed by atoms with Crippen LogP contribution in [-0.4, -0.2) is 95.8 Å². The van der Waals surface area contributed by atoms with Gasteiger partial charge >= 0.3 is 0 Å². The molecule has 2 N–H and O–H groups in total. The molecule has 14 nitrogen and oxygen atoms in total. The number of nitriles is 1. The summed E-state index contributed by atoms with van der Waals surface area (Å²) in [5, 5.41) is 15.2.